The van der Waals surface area contributed by atoms with Gasteiger partial charge in [-0.25, -0.2) is 0 Å². The van der Waals surface area contributed by atoms with Crippen LogP contribution in [-0.2, 0) is 9.59 Å². The molecule has 3 aliphatic rings. The zero-order valence-electron chi connectivity index (χ0n) is 19.0. The highest BCUT2D eigenvalue weighted by atomic mass is 35.5. The van der Waals surface area contributed by atoms with Crippen molar-refractivity contribution < 1.29 is 19.4 Å². The summed E-state index contributed by atoms with van der Waals surface area (Å²) < 4.78 is 5.97. The van der Waals surface area contributed by atoms with Gasteiger partial charge in [-0.1, -0.05) is 12.1 Å². The van der Waals surface area contributed by atoms with E-state index in [9.17, 15) is 14.7 Å². The van der Waals surface area contributed by atoms with Gasteiger partial charge >= 0.3 is 0 Å². The molecule has 32 heavy (non-hydrogen) atoms. The number of nitrogens with zero attached hydrogens (tertiary/aromatic N) is 3. The lowest BCUT2D eigenvalue weighted by molar-refractivity contribution is -0.140. The number of carbonyl (C=O) groups excluding carboxylic acids is 2. The highest BCUT2D eigenvalue weighted by Gasteiger charge is 2.51. The molecule has 1 N–H and O–H groups in total. The molecule has 8 heteroatoms. The van der Waals surface area contributed by atoms with Crippen LogP contribution in [0.5, 0.6) is 5.75 Å². The quantitative estimate of drug-likeness (QED) is 0.494. The van der Waals surface area contributed by atoms with Gasteiger partial charge in [0.1, 0.15) is 5.75 Å². The molecule has 2 saturated heterocycles. The highest BCUT2D eigenvalue weighted by molar-refractivity contribution is 6.21. The number of aliphatic hydroxyl groups excluding tert-OH is 1. The molecule has 0 radical (unpaired) electrons. The Kier molecular flexibility index (Phi) is 7.27. The van der Waals surface area contributed by atoms with Gasteiger partial charge in [-0.05, 0) is 51.8 Å². The van der Waals surface area contributed by atoms with Crippen molar-refractivity contribution in [2.45, 2.75) is 50.7 Å². The van der Waals surface area contributed by atoms with Gasteiger partial charge in [-0.3, -0.25) is 19.4 Å². The van der Waals surface area contributed by atoms with Crippen LogP contribution in [0.1, 0.15) is 33.1 Å². The van der Waals surface area contributed by atoms with Gasteiger partial charge in [0.15, 0.2) is 0 Å². The third kappa shape index (κ3) is 4.90. The van der Waals surface area contributed by atoms with E-state index in [1.54, 1.807) is 0 Å². The minimum absolute atomic E-state index is 0.107. The van der Waals surface area contributed by atoms with Crippen molar-refractivity contribution in [1.29, 1.82) is 0 Å². The maximum absolute atomic E-state index is 12.7. The van der Waals surface area contributed by atoms with Crippen molar-refractivity contribution in [1.82, 2.24) is 9.80 Å². The smallest absolute Gasteiger partial charge is 0.233 e. The van der Waals surface area contributed by atoms with E-state index in [4.69, 9.17) is 16.3 Å². The summed E-state index contributed by atoms with van der Waals surface area (Å²) in [6, 6.07) is 8.18. The first-order valence-corrected chi connectivity index (χ1v) is 12.2. The van der Waals surface area contributed by atoms with Crippen molar-refractivity contribution >= 4 is 29.1 Å². The average molecular weight is 464 g/mol. The maximum atomic E-state index is 12.7. The first kappa shape index (κ1) is 23.3. The summed E-state index contributed by atoms with van der Waals surface area (Å²) in [5.41, 5.74) is 1.14. The summed E-state index contributed by atoms with van der Waals surface area (Å²) in [7, 11) is 0. The minimum atomic E-state index is -0.706. The Labute approximate surface area is 195 Å². The molecule has 4 atom stereocenters. The molecule has 2 heterocycles. The van der Waals surface area contributed by atoms with Crippen LogP contribution in [0.25, 0.3) is 0 Å². The van der Waals surface area contributed by atoms with Crippen molar-refractivity contribution in [3.05, 3.63) is 24.3 Å². The molecule has 0 bridgehead atoms. The van der Waals surface area contributed by atoms with Gasteiger partial charge in [-0.2, -0.15) is 0 Å². The molecule has 4 rings (SSSR count). The summed E-state index contributed by atoms with van der Waals surface area (Å²) in [4.78, 5) is 31.6. The monoisotopic (exact) mass is 463 g/mol. The van der Waals surface area contributed by atoms with E-state index in [0.29, 0.717) is 19.4 Å². The molecule has 1 aromatic rings. The standard InChI is InChI=1S/C24H34ClN3O4/c1-16(2)32-22-7-4-3-6-20(22)27-12-10-26(11-13-27)8-5-9-28-23(30)17-14-19(25)21(29)15-18(17)24(28)31/h3-4,6-7,16-19,21,29H,5,8-15H2,1-2H3. The van der Waals surface area contributed by atoms with Crippen LogP contribution >= 0.6 is 11.6 Å². The fraction of sp³-hybridized carbons (Fsp3) is 0.667. The molecule has 2 aliphatic heterocycles. The predicted octanol–water partition coefficient (Wildman–Crippen LogP) is 2.35. The summed E-state index contributed by atoms with van der Waals surface area (Å²) in [5, 5.41) is 9.55. The molecule has 1 saturated carbocycles. The van der Waals surface area contributed by atoms with E-state index in [-0.39, 0.29) is 23.8 Å². The minimum Gasteiger partial charge on any atom is -0.489 e. The van der Waals surface area contributed by atoms with Crippen LogP contribution < -0.4 is 9.64 Å². The Morgan fingerprint density at radius 2 is 1.69 bits per heavy atom. The first-order chi connectivity index (χ1) is 15.3. The number of rotatable bonds is 7. The van der Waals surface area contributed by atoms with Crippen LogP contribution in [0.15, 0.2) is 24.3 Å². The van der Waals surface area contributed by atoms with E-state index in [1.165, 1.54) is 4.90 Å². The number of aliphatic hydroxyl groups is 1. The molecule has 176 valence electrons. The van der Waals surface area contributed by atoms with Crippen LogP contribution in [0.4, 0.5) is 5.69 Å². The number of likely N-dealkylation sites (tertiary alicyclic amines) is 1. The number of anilines is 1. The first-order valence-electron chi connectivity index (χ1n) is 11.8. The summed E-state index contributed by atoms with van der Waals surface area (Å²) in [6.45, 7) is 9.07. The molecule has 2 amide bonds. The number of hydrogen-bond acceptors (Lipinski definition) is 6. The van der Waals surface area contributed by atoms with Gasteiger partial charge in [0.25, 0.3) is 0 Å². The maximum Gasteiger partial charge on any atom is 0.233 e. The molecule has 7 nitrogen and oxygen atoms in total. The molecule has 0 aromatic heterocycles. The summed E-state index contributed by atoms with van der Waals surface area (Å²) in [5.74, 6) is -0.0691. The van der Waals surface area contributed by atoms with Crippen molar-refractivity contribution in [2.24, 2.45) is 11.8 Å². The van der Waals surface area contributed by atoms with Gasteiger partial charge in [0, 0.05) is 32.7 Å². The third-order valence-corrected chi connectivity index (χ3v) is 7.31. The molecular weight excluding hydrogens is 430 g/mol. The Bertz CT molecular complexity index is 799. The van der Waals surface area contributed by atoms with Crippen LogP contribution in [0.3, 0.4) is 0 Å². The lowest BCUT2D eigenvalue weighted by atomic mass is 9.79. The van der Waals surface area contributed by atoms with E-state index in [1.807, 2.05) is 32.0 Å². The number of piperazine rings is 1. The second-order valence-corrected chi connectivity index (χ2v) is 9.97. The van der Waals surface area contributed by atoms with E-state index < -0.39 is 17.4 Å². The number of imide groups is 1. The van der Waals surface area contributed by atoms with Crippen LogP contribution in [-0.4, -0.2) is 83.6 Å². The molecule has 1 aliphatic carbocycles. The van der Waals surface area contributed by atoms with Crippen molar-refractivity contribution in [3.63, 3.8) is 0 Å². The molecule has 1 aromatic carbocycles. The second kappa shape index (κ2) is 9.98. The number of carbonyl (C=O) groups is 2. The number of hydrogen-bond donors (Lipinski definition) is 1. The second-order valence-electron chi connectivity index (χ2n) is 9.41. The lowest BCUT2D eigenvalue weighted by Crippen LogP contribution is -2.47. The predicted molar refractivity (Wildman–Crippen MR) is 124 cm³/mol. The van der Waals surface area contributed by atoms with Crippen LogP contribution in [0, 0.1) is 11.8 Å². The van der Waals surface area contributed by atoms with Crippen LogP contribution in [0.2, 0.25) is 0 Å². The fourth-order valence-corrected chi connectivity index (χ4v) is 5.44. The largest absolute Gasteiger partial charge is 0.489 e. The topological polar surface area (TPSA) is 73.3 Å². The van der Waals surface area contributed by atoms with Crippen molar-refractivity contribution in [2.75, 3.05) is 44.2 Å². The Balaban J connectivity index is 1.25. The fourth-order valence-electron chi connectivity index (χ4n) is 5.15. The number of benzene rings is 1. The third-order valence-electron chi connectivity index (χ3n) is 6.84. The van der Waals surface area contributed by atoms with E-state index in [0.717, 1.165) is 50.6 Å². The summed E-state index contributed by atoms with van der Waals surface area (Å²) >= 11 is 6.14. The number of fused-ring (bicyclic) bond motifs is 1. The zero-order valence-corrected chi connectivity index (χ0v) is 19.7. The number of para-hydroxylation sites is 2. The van der Waals surface area contributed by atoms with Gasteiger partial charge in [0.05, 0.1) is 35.1 Å². The Morgan fingerprint density at radius 3 is 2.38 bits per heavy atom. The lowest BCUT2D eigenvalue weighted by Gasteiger charge is -2.37. The Morgan fingerprint density at radius 1 is 1.03 bits per heavy atom. The molecule has 3 fully saturated rings. The molecule has 4 unspecified atom stereocenters. The van der Waals surface area contributed by atoms with Crippen molar-refractivity contribution in [3.8, 4) is 5.75 Å². The molecule has 0 spiro atoms. The summed E-state index contributed by atoms with van der Waals surface area (Å²) in [6.07, 6.45) is 0.872. The average Bonchev–Trinajstić information content (AvgIpc) is 2.99. The van der Waals surface area contributed by atoms with Gasteiger partial charge < -0.3 is 14.7 Å². The number of halogens is 1. The highest BCUT2D eigenvalue weighted by Crippen LogP contribution is 2.40. The van der Waals surface area contributed by atoms with E-state index >= 15 is 0 Å². The van der Waals surface area contributed by atoms with Gasteiger partial charge in [0.2, 0.25) is 11.8 Å². The zero-order chi connectivity index (χ0) is 22.8. The Hall–Kier alpha value is -1.83. The SMILES string of the molecule is CC(C)Oc1ccccc1N1CCN(CCCN2C(=O)C3CC(O)C(Cl)CC3C2=O)CC1. The number of alkyl halides is 1. The molecular formula is C24H34ClN3O4. The number of amides is 2. The number of ether oxygens (including phenoxy) is 1. The van der Waals surface area contributed by atoms with Gasteiger partial charge in [-0.15, -0.1) is 11.6 Å². The normalized spacial score (nSPS) is 29.0. The van der Waals surface area contributed by atoms with E-state index in [2.05, 4.69) is 15.9 Å².